The molecular weight excluding hydrogens is 1860 g/mol. The fraction of sp³-hybridized carbons (Fsp3) is 0.288. The molecule has 0 radical (unpaired) electrons. The topological polar surface area (TPSA) is 355 Å². The summed E-state index contributed by atoms with van der Waals surface area (Å²) in [6.07, 6.45) is 9.83. The van der Waals surface area contributed by atoms with Crippen LogP contribution in [0.25, 0.3) is 56.4 Å². The van der Waals surface area contributed by atoms with Crippen molar-refractivity contribution < 1.29 is 89.7 Å². The number of nitro groups is 2. The number of hydrogen-bond donors (Lipinski definition) is 9. The van der Waals surface area contributed by atoms with E-state index in [1.54, 1.807) is 54.4 Å². The van der Waals surface area contributed by atoms with Gasteiger partial charge in [0.05, 0.1) is 66.2 Å². The van der Waals surface area contributed by atoms with Gasteiger partial charge in [-0.2, -0.15) is 9.15 Å². The van der Waals surface area contributed by atoms with E-state index in [-0.39, 0.29) is 133 Å². The van der Waals surface area contributed by atoms with E-state index in [1.807, 2.05) is 65.7 Å². The van der Waals surface area contributed by atoms with Crippen LogP contribution in [0.2, 0.25) is 0 Å². The highest BCUT2D eigenvalue weighted by Crippen LogP contribution is 2.43. The summed E-state index contributed by atoms with van der Waals surface area (Å²) in [4.78, 5) is 68.7. The smallest absolute Gasteiger partial charge is 0.351 e. The number of ketones is 2. The van der Waals surface area contributed by atoms with E-state index >= 15 is 0 Å². The van der Waals surface area contributed by atoms with Gasteiger partial charge in [-0.05, 0) is 172 Å². The van der Waals surface area contributed by atoms with Gasteiger partial charge in [-0.1, -0.05) is 103 Å². The van der Waals surface area contributed by atoms with Crippen molar-refractivity contribution in [1.82, 2.24) is 9.55 Å². The Morgan fingerprint density at radius 3 is 1.60 bits per heavy atom. The zero-order chi connectivity index (χ0) is 94.5. The fourth-order valence-electron chi connectivity index (χ4n) is 17.3. The van der Waals surface area contributed by atoms with Crippen molar-refractivity contribution in [3.05, 3.63) is 311 Å². The van der Waals surface area contributed by atoms with Crippen LogP contribution in [-0.4, -0.2) is 169 Å². The Balaban J connectivity index is 0.000000291. The number of carbonyl (C=O) groups excluding carboxylic acids is 2. The van der Waals surface area contributed by atoms with Gasteiger partial charge in [-0.25, -0.2) is 13.9 Å². The monoisotopic (exact) mass is 1980 g/mol. The lowest BCUT2D eigenvalue weighted by Crippen LogP contribution is -3.00. The Kier molecular flexibility index (Phi) is 44.1. The number of allylic oxidation sites excluding steroid dienone is 2. The molecule has 0 bridgehead atoms. The van der Waals surface area contributed by atoms with Crippen LogP contribution in [0.15, 0.2) is 240 Å². The van der Waals surface area contributed by atoms with Crippen LogP contribution in [0, 0.1) is 27.2 Å². The van der Waals surface area contributed by atoms with Gasteiger partial charge in [0.15, 0.2) is 39.6 Å². The quantitative estimate of drug-likeness (QED) is 0.00577. The third kappa shape index (κ3) is 25.8. The number of nitrogen functional groups attached to an aromatic ring is 1. The van der Waals surface area contributed by atoms with E-state index < -0.39 is 9.85 Å². The third-order valence-corrected chi connectivity index (χ3v) is 24.2. The maximum absolute atomic E-state index is 12.9. The number of fused-ring (bicyclic) bond motifs is 7. The van der Waals surface area contributed by atoms with Crippen LogP contribution in [0.4, 0.5) is 62.6 Å². The summed E-state index contributed by atoms with van der Waals surface area (Å²) < 4.78 is 19.4. The normalized spacial score (nSPS) is 12.4. The predicted molar refractivity (Wildman–Crippen MR) is 555 cm³/mol. The minimum atomic E-state index is -0.561. The second-order valence-corrected chi connectivity index (χ2v) is 32.8. The van der Waals surface area contributed by atoms with Gasteiger partial charge in [-0.3, -0.25) is 29.8 Å². The molecule has 137 heavy (non-hydrogen) atoms. The zero-order valence-electron chi connectivity index (χ0n) is 80.0. The summed E-state index contributed by atoms with van der Waals surface area (Å²) in [6, 6.07) is 70.4. The van der Waals surface area contributed by atoms with Crippen molar-refractivity contribution in [3.8, 4) is 17.1 Å². The Morgan fingerprint density at radius 1 is 0.555 bits per heavy atom. The number of aromatic nitrogens is 3. The van der Waals surface area contributed by atoms with E-state index in [0.29, 0.717) is 101 Å². The zero-order valence-corrected chi connectivity index (χ0v) is 84.7. The number of aryl methyl sites for hydroxylation is 3. The number of nitrogens with one attached hydrogen (secondary N) is 4. The van der Waals surface area contributed by atoms with Crippen molar-refractivity contribution in [2.45, 2.75) is 79.6 Å². The molecule has 0 saturated heterocycles. The van der Waals surface area contributed by atoms with Crippen molar-refractivity contribution in [3.63, 3.8) is 0 Å². The van der Waals surface area contributed by atoms with Crippen LogP contribution >= 0.6 is 37.2 Å². The van der Waals surface area contributed by atoms with Crippen LogP contribution in [0.1, 0.15) is 122 Å². The van der Waals surface area contributed by atoms with Gasteiger partial charge in [0.2, 0.25) is 11.4 Å². The number of nitro benzene ring substituents is 2. The van der Waals surface area contributed by atoms with Crippen molar-refractivity contribution in [1.29, 1.82) is 0 Å². The number of H-pyrrole nitrogens is 1. The maximum Gasteiger partial charge on any atom is 0.351 e. The molecule has 2 aliphatic heterocycles. The number of nitrogens with zero attached hydrogens (tertiary/aromatic N) is 9. The highest BCUT2D eigenvalue weighted by Gasteiger charge is 2.44. The van der Waals surface area contributed by atoms with Crippen LogP contribution < -0.4 is 100 Å². The highest BCUT2D eigenvalue weighted by atomic mass is 35.5. The summed E-state index contributed by atoms with van der Waals surface area (Å²) in [6.45, 7) is 26.4. The molecule has 3 aliphatic rings. The number of methoxy groups -OCH3 is 1. The molecule has 16 rings (SSSR count). The summed E-state index contributed by atoms with van der Waals surface area (Å²) in [5.41, 5.74) is 38.8. The molecule has 27 nitrogen and oxygen atoms in total. The number of benzene rings is 10. The van der Waals surface area contributed by atoms with Crippen LogP contribution in [0.5, 0.6) is 5.75 Å². The number of hydrogen-bond acceptors (Lipinski definition) is 20. The van der Waals surface area contributed by atoms with E-state index in [4.69, 9.17) is 36.6 Å². The SMILES string of the molecule is CCN(CC)c1ccc(/C=C/C2=[N+](C)c3ccccc3C2(C)C)cc1.CCN(CC)c1ccc2cc(-c3n(C)c4ccccc4[n+]3C)c(=O)oc2c1.CNc1ccc(NCCCN)c2c1C(=O)c1ccccc1C2=O.COc1ccc([N+](=O)[O-])c(NCCN)c1.Cc1[nH]c2ccccc2c1/C=C/C1=[N+](C)c2ccccc2C1(C)C.Cl.Cl.Cl.Nc1ccc(N(CCO)CCO)cc1[N+](=O)[O-].[Cl-].[Cl-].[Cl-]. The summed E-state index contributed by atoms with van der Waals surface area (Å²) in [7, 11) is 11.5. The molecule has 0 saturated carbocycles. The van der Waals surface area contributed by atoms with Gasteiger partial charge in [0, 0.05) is 193 Å². The minimum Gasteiger partial charge on any atom is -1.00 e. The number of aliphatic hydroxyl groups excluding tert-OH is 2. The van der Waals surface area contributed by atoms with Crippen LogP contribution in [-0.2, 0) is 24.9 Å². The Labute approximate surface area is 838 Å². The standard InChI is InChI=1S/C23H29N2.C22H24N3O2.C22H22N2.C18H19N3O2.C10H15N3O4.C9H13N3O3.6ClH/c1-6-25(7-2)19-15-12-18(13-16-19)14-17-22-23(3,4)20-10-8-9-11-21(20)24(22)5;1-5-25(6-2)16-12-11-15-13-17(22(26)27-20(15)14-16)21-23(3)18-9-7-8-10-19(18)24(21)4;1-15-16(17-9-5-7-11-19(17)23-15)13-14-21-22(2,3)18-10-6-8-12-20(18)24(21)4;1-20-13-7-8-14(21-10-4-9-19)16-15(13)17(22)11-5-2-3-6-12(11)18(16)23;11-9-2-1-8(7-10(9)13(16)17)12(3-5-14)4-6-15;1-15-7-2-3-9(12(13)14)8(6-7)11-5-4-10;;;;;;/h8-17H,6-7H2,1-5H3;7-14H,5-6H2,1-4H3;5-14H,1-4H3;2-3,5-8,20-21H,4,9-10,19H2,1H3;1-2,7,14-15H,3-6,11H2;2-3,6,11H,4-5,10H2,1H3;6*1H/q2*+1;;;;;;;;;;/p-2. The second kappa shape index (κ2) is 52.6. The number of aliphatic hydroxyl groups is 2. The number of ether oxygens (including phenoxy) is 1. The van der Waals surface area contributed by atoms with Gasteiger partial charge in [0.25, 0.3) is 17.2 Å². The highest BCUT2D eigenvalue weighted by molar-refractivity contribution is 6.32. The Hall–Kier alpha value is -12.6. The molecule has 33 heteroatoms. The number of imidazole rings is 1. The molecule has 1 aliphatic carbocycles. The number of rotatable bonds is 27. The predicted octanol–water partition coefficient (Wildman–Crippen LogP) is 9.55. The van der Waals surface area contributed by atoms with E-state index in [2.05, 4.69) is 256 Å². The van der Waals surface area contributed by atoms with Crippen molar-refractivity contribution >= 4 is 168 Å². The number of para-hydroxylation sites is 5. The van der Waals surface area contributed by atoms with Crippen molar-refractivity contribution in [2.24, 2.45) is 25.6 Å². The number of nitrogens with two attached hydrogens (primary N) is 3. The molecule has 0 spiro atoms. The lowest BCUT2D eigenvalue weighted by Gasteiger charge is -2.23. The molecule has 5 heterocycles. The molecule has 3 aromatic heterocycles. The molecule has 13 aromatic rings. The lowest BCUT2D eigenvalue weighted by molar-refractivity contribution is -0.634. The first kappa shape index (κ1) is 115. The first-order valence-corrected chi connectivity index (χ1v) is 44.2. The number of anilines is 7. The summed E-state index contributed by atoms with van der Waals surface area (Å²) in [5.74, 6) is 1.16. The van der Waals surface area contributed by atoms with Gasteiger partial charge >= 0.3 is 5.63 Å². The lowest BCUT2D eigenvalue weighted by atomic mass is 9.81. The number of aromatic amines is 1. The second-order valence-electron chi connectivity index (χ2n) is 32.8. The first-order chi connectivity index (χ1) is 63.0. The largest absolute Gasteiger partial charge is 1.00 e. The average molecular weight is 1990 g/mol. The number of carbonyl (C=O) groups is 2. The van der Waals surface area contributed by atoms with E-state index in [9.17, 15) is 34.6 Å². The molecule has 10 aromatic carbocycles. The number of halogens is 6. The van der Waals surface area contributed by atoms with Gasteiger partial charge in [0.1, 0.15) is 36.8 Å². The van der Waals surface area contributed by atoms with Crippen LogP contribution in [0.3, 0.4) is 0 Å². The molecule has 12 N–H and O–H groups in total. The van der Waals surface area contributed by atoms with Gasteiger partial charge < -0.3 is 109 Å². The molecular formula is C104H126Cl6N16O11. The first-order valence-electron chi connectivity index (χ1n) is 44.2. The molecule has 730 valence electrons. The summed E-state index contributed by atoms with van der Waals surface area (Å²) in [5, 5.41) is 50.5. The van der Waals surface area contributed by atoms with Crippen molar-refractivity contribution in [2.75, 3.05) is 143 Å². The minimum absolute atomic E-state index is 0. The molecule has 0 unspecified atom stereocenters. The summed E-state index contributed by atoms with van der Waals surface area (Å²) >= 11 is 0. The molecule has 0 amide bonds. The fourth-order valence-corrected chi connectivity index (χ4v) is 17.3. The van der Waals surface area contributed by atoms with E-state index in [0.717, 1.165) is 60.5 Å². The van der Waals surface area contributed by atoms with E-state index in [1.165, 1.54) is 92.6 Å². The molecule has 0 fully saturated rings. The Bertz CT molecular complexity index is 6480. The average Bonchev–Trinajstić information content (AvgIpc) is 1.75. The van der Waals surface area contributed by atoms with Gasteiger partial charge in [-0.15, -0.1) is 37.2 Å². The Morgan fingerprint density at radius 2 is 1.06 bits per heavy atom. The molecule has 0 atom stereocenters. The third-order valence-electron chi connectivity index (χ3n) is 24.2. The maximum atomic E-state index is 12.9.